The first kappa shape index (κ1) is 14.4. The Hall–Kier alpha value is -1.65. The molecule has 1 heterocycles. The van der Waals surface area contributed by atoms with E-state index in [9.17, 15) is 4.79 Å². The third-order valence-corrected chi connectivity index (χ3v) is 2.63. The molecule has 18 heavy (non-hydrogen) atoms. The van der Waals surface area contributed by atoms with E-state index in [0.29, 0.717) is 18.1 Å². The van der Waals surface area contributed by atoms with Gasteiger partial charge in [0.15, 0.2) is 5.69 Å². The summed E-state index contributed by atoms with van der Waals surface area (Å²) >= 11 is 0. The van der Waals surface area contributed by atoms with Crippen LogP contribution in [-0.4, -0.2) is 22.4 Å². The average molecular weight is 250 g/mol. The molecule has 0 fully saturated rings. The molecule has 1 aromatic rings. The van der Waals surface area contributed by atoms with Gasteiger partial charge in [-0.1, -0.05) is 33.6 Å². The molecular formula is C13H22N4O. The number of nitrogens with one attached hydrogen (secondary N) is 1. The smallest absolute Gasteiger partial charge is 0.272 e. The van der Waals surface area contributed by atoms with Crippen LogP contribution >= 0.6 is 0 Å². The van der Waals surface area contributed by atoms with Crippen LogP contribution in [-0.2, 0) is 0 Å². The van der Waals surface area contributed by atoms with Crippen LogP contribution in [0.2, 0.25) is 0 Å². The molecule has 0 bridgehead atoms. The topological polar surface area (TPSA) is 80.9 Å². The summed E-state index contributed by atoms with van der Waals surface area (Å²) in [5.74, 6) is 0.605. The van der Waals surface area contributed by atoms with Crippen molar-refractivity contribution in [1.82, 2.24) is 15.3 Å². The molecule has 0 radical (unpaired) electrons. The molecule has 0 unspecified atom stereocenters. The van der Waals surface area contributed by atoms with Crippen molar-refractivity contribution in [2.75, 3.05) is 12.3 Å². The fraction of sp³-hybridized carbons (Fsp3) is 0.615. The molecule has 0 saturated heterocycles. The highest BCUT2D eigenvalue weighted by Gasteiger charge is 2.14. The highest BCUT2D eigenvalue weighted by atomic mass is 16.1. The van der Waals surface area contributed by atoms with Gasteiger partial charge in [-0.05, 0) is 6.42 Å². The second-order valence-electron chi connectivity index (χ2n) is 4.65. The molecule has 0 spiro atoms. The van der Waals surface area contributed by atoms with E-state index in [1.807, 2.05) is 13.8 Å². The predicted octanol–water partition coefficient (Wildman–Crippen LogP) is 2.10. The number of anilines is 1. The second kappa shape index (κ2) is 6.93. The number of aromatic nitrogens is 2. The number of carbonyl (C=O) groups is 1. The van der Waals surface area contributed by atoms with Gasteiger partial charge >= 0.3 is 0 Å². The number of nitrogen functional groups attached to an aromatic ring is 1. The van der Waals surface area contributed by atoms with Crippen molar-refractivity contribution < 1.29 is 4.79 Å². The Bertz CT molecular complexity index is 404. The summed E-state index contributed by atoms with van der Waals surface area (Å²) < 4.78 is 0. The Morgan fingerprint density at radius 1 is 1.44 bits per heavy atom. The fourth-order valence-corrected chi connectivity index (χ4v) is 1.53. The minimum absolute atomic E-state index is 0.178. The Morgan fingerprint density at radius 3 is 2.78 bits per heavy atom. The van der Waals surface area contributed by atoms with Crippen molar-refractivity contribution in [1.29, 1.82) is 0 Å². The number of hydrogen-bond donors (Lipinski definition) is 2. The summed E-state index contributed by atoms with van der Waals surface area (Å²) in [5, 5.41) is 2.83. The molecule has 0 aromatic carbocycles. The van der Waals surface area contributed by atoms with Crippen LogP contribution in [0.1, 0.15) is 62.3 Å². The molecule has 5 heteroatoms. The van der Waals surface area contributed by atoms with Gasteiger partial charge < -0.3 is 11.1 Å². The Kier molecular flexibility index (Phi) is 5.55. The maximum atomic E-state index is 11.9. The lowest BCUT2D eigenvalue weighted by Crippen LogP contribution is -2.27. The summed E-state index contributed by atoms with van der Waals surface area (Å²) in [7, 11) is 0. The van der Waals surface area contributed by atoms with Gasteiger partial charge in [-0.2, -0.15) is 0 Å². The summed E-state index contributed by atoms with van der Waals surface area (Å²) in [5.41, 5.74) is 6.34. The van der Waals surface area contributed by atoms with Crippen molar-refractivity contribution in [3.8, 4) is 0 Å². The number of unbranched alkanes of at least 4 members (excludes halogenated alkanes) is 2. The van der Waals surface area contributed by atoms with Gasteiger partial charge in [0, 0.05) is 12.5 Å². The van der Waals surface area contributed by atoms with Gasteiger partial charge in [0.25, 0.3) is 5.91 Å². The average Bonchev–Trinajstić information content (AvgIpc) is 2.34. The molecule has 0 saturated carbocycles. The zero-order valence-corrected chi connectivity index (χ0v) is 11.4. The maximum Gasteiger partial charge on any atom is 0.272 e. The molecule has 1 aromatic heterocycles. The fourth-order valence-electron chi connectivity index (χ4n) is 1.53. The molecule has 100 valence electrons. The zero-order valence-electron chi connectivity index (χ0n) is 11.4. The molecule has 0 atom stereocenters. The molecule has 0 aliphatic heterocycles. The third kappa shape index (κ3) is 3.98. The van der Waals surface area contributed by atoms with Gasteiger partial charge in [-0.3, -0.25) is 4.79 Å². The third-order valence-electron chi connectivity index (χ3n) is 2.63. The van der Waals surface area contributed by atoms with E-state index in [-0.39, 0.29) is 17.5 Å². The van der Waals surface area contributed by atoms with E-state index in [1.165, 1.54) is 6.20 Å². The van der Waals surface area contributed by atoms with Gasteiger partial charge in [0.2, 0.25) is 0 Å². The van der Waals surface area contributed by atoms with Crippen molar-refractivity contribution in [2.45, 2.75) is 46.0 Å². The minimum atomic E-state index is -0.215. The standard InChI is InChI=1S/C13H22N4O/c1-4-5-6-7-15-13(18)11-10(14)8-16-12(17-11)9(2)3/h8-9H,4-7,14H2,1-3H3,(H,15,18). The second-order valence-corrected chi connectivity index (χ2v) is 4.65. The van der Waals surface area contributed by atoms with Crippen LogP contribution in [0.3, 0.4) is 0 Å². The van der Waals surface area contributed by atoms with Gasteiger partial charge in [-0.25, -0.2) is 9.97 Å². The van der Waals surface area contributed by atoms with Crippen LogP contribution in [0.25, 0.3) is 0 Å². The summed E-state index contributed by atoms with van der Waals surface area (Å²) in [6, 6.07) is 0. The maximum absolute atomic E-state index is 11.9. The van der Waals surface area contributed by atoms with Crippen LogP contribution in [0, 0.1) is 0 Å². The molecule has 1 amide bonds. The molecule has 0 aliphatic carbocycles. The number of rotatable bonds is 6. The van der Waals surface area contributed by atoms with E-state index in [2.05, 4.69) is 22.2 Å². The van der Waals surface area contributed by atoms with E-state index < -0.39 is 0 Å². The van der Waals surface area contributed by atoms with Crippen LogP contribution in [0.5, 0.6) is 0 Å². The van der Waals surface area contributed by atoms with Crippen LogP contribution in [0.15, 0.2) is 6.20 Å². The summed E-state index contributed by atoms with van der Waals surface area (Å²) in [6.07, 6.45) is 4.72. The van der Waals surface area contributed by atoms with Gasteiger partial charge in [-0.15, -0.1) is 0 Å². The predicted molar refractivity (Wildman–Crippen MR) is 72.4 cm³/mol. The molecule has 0 aliphatic rings. The first-order chi connectivity index (χ1) is 8.56. The first-order valence-electron chi connectivity index (χ1n) is 6.46. The molecule has 1 rings (SSSR count). The first-order valence-corrected chi connectivity index (χ1v) is 6.46. The normalized spacial score (nSPS) is 10.7. The molecular weight excluding hydrogens is 228 g/mol. The molecule has 3 N–H and O–H groups in total. The zero-order chi connectivity index (χ0) is 13.5. The highest BCUT2D eigenvalue weighted by molar-refractivity contribution is 5.96. The summed E-state index contributed by atoms with van der Waals surface area (Å²) in [4.78, 5) is 20.3. The van der Waals surface area contributed by atoms with Gasteiger partial charge in [0.1, 0.15) is 5.82 Å². The lowest BCUT2D eigenvalue weighted by atomic mass is 10.2. The quantitative estimate of drug-likeness (QED) is 0.758. The Balaban J connectivity index is 2.69. The molecule has 5 nitrogen and oxygen atoms in total. The Morgan fingerprint density at radius 2 is 2.17 bits per heavy atom. The van der Waals surface area contributed by atoms with Crippen LogP contribution < -0.4 is 11.1 Å². The number of nitrogens with two attached hydrogens (primary N) is 1. The largest absolute Gasteiger partial charge is 0.396 e. The number of nitrogens with zero attached hydrogens (tertiary/aromatic N) is 2. The Labute approximate surface area is 108 Å². The van der Waals surface area contributed by atoms with E-state index in [1.54, 1.807) is 0 Å². The SMILES string of the molecule is CCCCCNC(=O)c1nc(C(C)C)ncc1N. The van der Waals surface area contributed by atoms with Crippen molar-refractivity contribution in [3.63, 3.8) is 0 Å². The number of carbonyl (C=O) groups excluding carboxylic acids is 1. The van der Waals surface area contributed by atoms with Crippen molar-refractivity contribution in [2.24, 2.45) is 0 Å². The number of amides is 1. The van der Waals surface area contributed by atoms with Crippen molar-refractivity contribution >= 4 is 11.6 Å². The van der Waals surface area contributed by atoms with E-state index in [4.69, 9.17) is 5.73 Å². The van der Waals surface area contributed by atoms with Gasteiger partial charge in [0.05, 0.1) is 11.9 Å². The monoisotopic (exact) mass is 250 g/mol. The van der Waals surface area contributed by atoms with E-state index in [0.717, 1.165) is 19.3 Å². The highest BCUT2D eigenvalue weighted by Crippen LogP contribution is 2.13. The lowest BCUT2D eigenvalue weighted by molar-refractivity contribution is 0.0948. The van der Waals surface area contributed by atoms with E-state index >= 15 is 0 Å². The lowest BCUT2D eigenvalue weighted by Gasteiger charge is -2.09. The van der Waals surface area contributed by atoms with Crippen molar-refractivity contribution in [3.05, 3.63) is 17.7 Å². The minimum Gasteiger partial charge on any atom is -0.396 e. The van der Waals surface area contributed by atoms with Crippen LogP contribution in [0.4, 0.5) is 5.69 Å². The summed E-state index contributed by atoms with van der Waals surface area (Å²) in [6.45, 7) is 6.75. The number of hydrogen-bond acceptors (Lipinski definition) is 4.